The number of hydrogen-bond donors (Lipinski definition) is 1. The smallest absolute Gasteiger partial charge is 0.0479 e. The van der Waals surface area contributed by atoms with Crippen molar-refractivity contribution in [2.45, 2.75) is 44.7 Å². The van der Waals surface area contributed by atoms with E-state index in [4.69, 9.17) is 0 Å². The molecule has 2 aliphatic rings. The third kappa shape index (κ3) is 2.63. The lowest BCUT2D eigenvalue weighted by Gasteiger charge is -2.24. The fourth-order valence-corrected chi connectivity index (χ4v) is 4.25. The lowest BCUT2D eigenvalue weighted by Crippen LogP contribution is -2.29. The van der Waals surface area contributed by atoms with Gasteiger partial charge in [-0.2, -0.15) is 0 Å². The molecule has 1 N–H and O–H groups in total. The topological polar surface area (TPSA) is 15.3 Å². The van der Waals surface area contributed by atoms with Crippen molar-refractivity contribution in [3.63, 3.8) is 0 Å². The number of nitrogens with one attached hydrogen (secondary N) is 1. The van der Waals surface area contributed by atoms with Crippen LogP contribution in [0.5, 0.6) is 0 Å². The number of thiophene rings is 1. The van der Waals surface area contributed by atoms with Gasteiger partial charge in [0.2, 0.25) is 0 Å². The summed E-state index contributed by atoms with van der Waals surface area (Å²) in [6.45, 7) is 4.71. The highest BCUT2D eigenvalue weighted by Crippen LogP contribution is 2.39. The van der Waals surface area contributed by atoms with Crippen LogP contribution in [-0.2, 0) is 6.42 Å². The Labute approximate surface area is 114 Å². The maximum absolute atomic E-state index is 3.72. The summed E-state index contributed by atoms with van der Waals surface area (Å²) in [6.07, 6.45) is 5.31. The van der Waals surface area contributed by atoms with Gasteiger partial charge < -0.3 is 5.32 Å². The molecule has 1 saturated carbocycles. The van der Waals surface area contributed by atoms with E-state index in [1.807, 2.05) is 11.3 Å². The second-order valence-electron chi connectivity index (χ2n) is 5.81. The summed E-state index contributed by atoms with van der Waals surface area (Å²) in [5, 5.41) is 3.72. The Kier molecular flexibility index (Phi) is 3.73. The van der Waals surface area contributed by atoms with Crippen molar-refractivity contribution >= 4 is 11.3 Å². The van der Waals surface area contributed by atoms with Gasteiger partial charge in [-0.1, -0.05) is 6.92 Å². The Morgan fingerprint density at radius 2 is 2.17 bits per heavy atom. The van der Waals surface area contributed by atoms with Crippen LogP contribution in [0.1, 0.15) is 42.0 Å². The molecule has 100 valence electrons. The minimum absolute atomic E-state index is 0.654. The van der Waals surface area contributed by atoms with Gasteiger partial charge >= 0.3 is 0 Å². The molecule has 2 heterocycles. The largest absolute Gasteiger partial charge is 0.314 e. The van der Waals surface area contributed by atoms with Crippen molar-refractivity contribution < 1.29 is 0 Å². The van der Waals surface area contributed by atoms with Crippen LogP contribution in [0.25, 0.3) is 0 Å². The van der Waals surface area contributed by atoms with Crippen LogP contribution in [0.15, 0.2) is 12.1 Å². The van der Waals surface area contributed by atoms with Crippen molar-refractivity contribution in [3.8, 4) is 0 Å². The molecule has 2 atom stereocenters. The zero-order chi connectivity index (χ0) is 12.5. The lowest BCUT2D eigenvalue weighted by atomic mass is 9.99. The SMILES string of the molecule is CCc1ccc(C2C(CNC3CC3)CCN2C)s1. The highest BCUT2D eigenvalue weighted by Gasteiger charge is 2.34. The molecule has 0 spiro atoms. The quantitative estimate of drug-likeness (QED) is 0.879. The first-order chi connectivity index (χ1) is 8.78. The van der Waals surface area contributed by atoms with E-state index in [0.717, 1.165) is 12.0 Å². The minimum atomic E-state index is 0.654. The molecule has 2 unspecified atom stereocenters. The Bertz CT molecular complexity index is 397. The number of rotatable bonds is 5. The van der Waals surface area contributed by atoms with E-state index in [9.17, 15) is 0 Å². The third-order valence-electron chi connectivity index (χ3n) is 4.34. The van der Waals surface area contributed by atoms with Gasteiger partial charge in [0.05, 0.1) is 0 Å². The minimum Gasteiger partial charge on any atom is -0.314 e. The predicted octanol–water partition coefficient (Wildman–Crippen LogP) is 3.06. The first kappa shape index (κ1) is 12.6. The van der Waals surface area contributed by atoms with Gasteiger partial charge in [-0.05, 0) is 57.3 Å². The fourth-order valence-electron chi connectivity index (χ4n) is 3.04. The predicted molar refractivity (Wildman–Crippen MR) is 78.2 cm³/mol. The van der Waals surface area contributed by atoms with E-state index in [1.54, 1.807) is 4.88 Å². The van der Waals surface area contributed by atoms with E-state index >= 15 is 0 Å². The second-order valence-corrected chi connectivity index (χ2v) is 7.01. The molecule has 0 amide bonds. The van der Waals surface area contributed by atoms with Gasteiger partial charge in [0, 0.05) is 28.4 Å². The molecule has 1 aromatic heterocycles. The number of nitrogens with zero attached hydrogens (tertiary/aromatic N) is 1. The molecule has 1 aliphatic heterocycles. The molecule has 1 saturated heterocycles. The number of hydrogen-bond acceptors (Lipinski definition) is 3. The standard InChI is InChI=1S/C15H24N2S/c1-3-13-6-7-14(18-13)15-11(8-9-17(15)2)10-16-12-4-5-12/h6-7,11-12,15-16H,3-5,8-10H2,1-2H3. The van der Waals surface area contributed by atoms with Crippen molar-refractivity contribution in [1.82, 2.24) is 10.2 Å². The van der Waals surface area contributed by atoms with E-state index in [0.29, 0.717) is 6.04 Å². The Hall–Kier alpha value is -0.380. The molecule has 1 aromatic rings. The average Bonchev–Trinajstić information content (AvgIpc) is 2.96. The van der Waals surface area contributed by atoms with Gasteiger partial charge in [0.15, 0.2) is 0 Å². The summed E-state index contributed by atoms with van der Waals surface area (Å²) in [5.41, 5.74) is 0. The van der Waals surface area contributed by atoms with Crippen molar-refractivity contribution in [2.24, 2.45) is 5.92 Å². The summed E-state index contributed by atoms with van der Waals surface area (Å²) in [7, 11) is 2.28. The van der Waals surface area contributed by atoms with Crippen LogP contribution in [0, 0.1) is 5.92 Å². The van der Waals surface area contributed by atoms with Crippen molar-refractivity contribution in [3.05, 3.63) is 21.9 Å². The molecule has 0 radical (unpaired) electrons. The molecule has 1 aliphatic carbocycles. The van der Waals surface area contributed by atoms with Crippen molar-refractivity contribution in [1.29, 1.82) is 0 Å². The van der Waals surface area contributed by atoms with Crippen LogP contribution in [0.4, 0.5) is 0 Å². The van der Waals surface area contributed by atoms with E-state index in [-0.39, 0.29) is 0 Å². The van der Waals surface area contributed by atoms with Crippen LogP contribution in [-0.4, -0.2) is 31.1 Å². The van der Waals surface area contributed by atoms with Crippen LogP contribution >= 0.6 is 11.3 Å². The van der Waals surface area contributed by atoms with Crippen LogP contribution in [0.3, 0.4) is 0 Å². The Morgan fingerprint density at radius 1 is 1.33 bits per heavy atom. The third-order valence-corrected chi connectivity index (χ3v) is 5.64. The van der Waals surface area contributed by atoms with Crippen LogP contribution < -0.4 is 5.32 Å². The van der Waals surface area contributed by atoms with Crippen LogP contribution in [0.2, 0.25) is 0 Å². The van der Waals surface area contributed by atoms with Crippen molar-refractivity contribution in [2.75, 3.05) is 20.1 Å². The molecule has 3 rings (SSSR count). The molecule has 3 heteroatoms. The molecule has 2 nitrogen and oxygen atoms in total. The molecular formula is C15H24N2S. The maximum Gasteiger partial charge on any atom is 0.0479 e. The van der Waals surface area contributed by atoms with Gasteiger partial charge in [-0.15, -0.1) is 11.3 Å². The summed E-state index contributed by atoms with van der Waals surface area (Å²) >= 11 is 2.02. The van der Waals surface area contributed by atoms with E-state index in [1.165, 1.54) is 43.6 Å². The summed E-state index contributed by atoms with van der Waals surface area (Å²) in [5.74, 6) is 0.805. The van der Waals surface area contributed by atoms with Gasteiger partial charge in [-0.3, -0.25) is 4.90 Å². The number of aryl methyl sites for hydroxylation is 1. The monoisotopic (exact) mass is 264 g/mol. The zero-order valence-electron chi connectivity index (χ0n) is 11.5. The fraction of sp³-hybridized carbons (Fsp3) is 0.733. The molecule has 18 heavy (non-hydrogen) atoms. The molecule has 0 bridgehead atoms. The zero-order valence-corrected chi connectivity index (χ0v) is 12.3. The first-order valence-corrected chi connectivity index (χ1v) is 8.11. The Balaban J connectivity index is 1.69. The lowest BCUT2D eigenvalue weighted by molar-refractivity contribution is 0.276. The van der Waals surface area contributed by atoms with Gasteiger partial charge in [-0.25, -0.2) is 0 Å². The highest BCUT2D eigenvalue weighted by molar-refractivity contribution is 7.12. The normalized spacial score (nSPS) is 29.0. The second kappa shape index (κ2) is 5.32. The number of likely N-dealkylation sites (tertiary alicyclic amines) is 1. The average molecular weight is 264 g/mol. The molecule has 0 aromatic carbocycles. The summed E-state index contributed by atoms with van der Waals surface area (Å²) in [4.78, 5) is 5.65. The first-order valence-electron chi connectivity index (χ1n) is 7.30. The Morgan fingerprint density at radius 3 is 2.83 bits per heavy atom. The molecule has 2 fully saturated rings. The molecular weight excluding hydrogens is 240 g/mol. The van der Waals surface area contributed by atoms with Gasteiger partial charge in [0.1, 0.15) is 0 Å². The van der Waals surface area contributed by atoms with E-state index in [2.05, 4.69) is 36.3 Å². The summed E-state index contributed by atoms with van der Waals surface area (Å²) < 4.78 is 0. The van der Waals surface area contributed by atoms with E-state index < -0.39 is 0 Å². The van der Waals surface area contributed by atoms with Gasteiger partial charge in [0.25, 0.3) is 0 Å². The summed E-state index contributed by atoms with van der Waals surface area (Å²) in [6, 6.07) is 6.17. The maximum atomic E-state index is 3.72. The highest BCUT2D eigenvalue weighted by atomic mass is 32.1.